The number of hydrogen-bond acceptors (Lipinski definition) is 3. The van der Waals surface area contributed by atoms with Crippen LogP contribution >= 0.6 is 0 Å². The highest BCUT2D eigenvalue weighted by Crippen LogP contribution is 2.37. The maximum absolute atomic E-state index is 13.1. The fourth-order valence-corrected chi connectivity index (χ4v) is 4.72. The average Bonchev–Trinajstić information content (AvgIpc) is 3.25. The van der Waals surface area contributed by atoms with Crippen LogP contribution in [0, 0.1) is 12.3 Å². The third-order valence-corrected chi connectivity index (χ3v) is 6.39. The summed E-state index contributed by atoms with van der Waals surface area (Å²) in [6.07, 6.45) is 5.15. The first-order chi connectivity index (χ1) is 15.5. The summed E-state index contributed by atoms with van der Waals surface area (Å²) in [5, 5.41) is 2.86. The van der Waals surface area contributed by atoms with E-state index in [9.17, 15) is 9.59 Å². The van der Waals surface area contributed by atoms with E-state index in [1.807, 2.05) is 60.4 Å². The molecular formula is C27H29N3O2. The van der Waals surface area contributed by atoms with E-state index in [1.165, 1.54) is 0 Å². The van der Waals surface area contributed by atoms with E-state index in [-0.39, 0.29) is 11.8 Å². The molecule has 1 aromatic heterocycles. The van der Waals surface area contributed by atoms with E-state index >= 15 is 0 Å². The average molecular weight is 428 g/mol. The molecule has 1 aliphatic heterocycles. The molecule has 1 aliphatic rings. The van der Waals surface area contributed by atoms with Gasteiger partial charge in [0.05, 0.1) is 11.8 Å². The van der Waals surface area contributed by atoms with Gasteiger partial charge in [0.15, 0.2) is 0 Å². The summed E-state index contributed by atoms with van der Waals surface area (Å²) in [5.41, 5.74) is 4.80. The molecule has 4 rings (SSSR count). The summed E-state index contributed by atoms with van der Waals surface area (Å²) in [6.45, 7) is 3.05. The topological polar surface area (TPSA) is 62.3 Å². The van der Waals surface area contributed by atoms with Crippen molar-refractivity contribution in [3.05, 3.63) is 89.7 Å². The van der Waals surface area contributed by atoms with Gasteiger partial charge in [-0.2, -0.15) is 0 Å². The number of nitrogens with zero attached hydrogens (tertiary/aromatic N) is 2. The third-order valence-electron chi connectivity index (χ3n) is 6.39. The van der Waals surface area contributed by atoms with Crippen LogP contribution in [-0.2, 0) is 22.4 Å². The van der Waals surface area contributed by atoms with Gasteiger partial charge in [0, 0.05) is 32.5 Å². The van der Waals surface area contributed by atoms with Crippen molar-refractivity contribution >= 4 is 11.8 Å². The van der Waals surface area contributed by atoms with Crippen molar-refractivity contribution in [3.8, 4) is 11.1 Å². The normalized spacial score (nSPS) is 17.9. The smallest absolute Gasteiger partial charge is 0.228 e. The molecule has 32 heavy (non-hydrogen) atoms. The second kappa shape index (κ2) is 9.35. The van der Waals surface area contributed by atoms with E-state index < -0.39 is 5.41 Å². The molecular weight excluding hydrogens is 398 g/mol. The van der Waals surface area contributed by atoms with Crippen LogP contribution in [0.2, 0.25) is 0 Å². The van der Waals surface area contributed by atoms with Gasteiger partial charge < -0.3 is 10.2 Å². The van der Waals surface area contributed by atoms with Gasteiger partial charge in [-0.25, -0.2) is 0 Å². The van der Waals surface area contributed by atoms with E-state index in [2.05, 4.69) is 22.4 Å². The molecule has 1 N–H and O–H groups in total. The predicted molar refractivity (Wildman–Crippen MR) is 126 cm³/mol. The maximum atomic E-state index is 13.1. The number of aromatic nitrogens is 1. The largest absolute Gasteiger partial charge is 0.359 e. The van der Waals surface area contributed by atoms with Crippen LogP contribution in [0.25, 0.3) is 11.1 Å². The number of nitrogens with one attached hydrogen (secondary N) is 1. The summed E-state index contributed by atoms with van der Waals surface area (Å²) >= 11 is 0. The molecule has 0 saturated carbocycles. The fourth-order valence-electron chi connectivity index (χ4n) is 4.72. The summed E-state index contributed by atoms with van der Waals surface area (Å²) < 4.78 is 0. The van der Waals surface area contributed by atoms with Gasteiger partial charge in [0.1, 0.15) is 0 Å². The molecule has 0 radical (unpaired) electrons. The quantitative estimate of drug-likeness (QED) is 0.651. The van der Waals surface area contributed by atoms with Gasteiger partial charge in [-0.3, -0.25) is 14.6 Å². The van der Waals surface area contributed by atoms with Crippen molar-refractivity contribution in [2.45, 2.75) is 26.2 Å². The van der Waals surface area contributed by atoms with Gasteiger partial charge in [-0.05, 0) is 54.2 Å². The standard InChI is InChI=1S/C27H29N3O2/c1-20-6-5-7-21(16-20)17-25(31)30-15-12-27(19-30,26(32)28-2)18-23-8-3-4-9-24(23)22-10-13-29-14-11-22/h3-11,13-14,16H,12,15,17-19H2,1-2H3,(H,28,32). The van der Waals surface area contributed by atoms with E-state index in [0.717, 1.165) is 27.8 Å². The molecule has 0 aliphatic carbocycles. The highest BCUT2D eigenvalue weighted by Gasteiger charge is 2.45. The van der Waals surface area contributed by atoms with Crippen LogP contribution < -0.4 is 5.32 Å². The molecule has 2 heterocycles. The lowest BCUT2D eigenvalue weighted by molar-refractivity contribution is -0.132. The first-order valence-electron chi connectivity index (χ1n) is 11.0. The zero-order valence-electron chi connectivity index (χ0n) is 18.7. The van der Waals surface area contributed by atoms with E-state index in [1.54, 1.807) is 19.4 Å². The van der Waals surface area contributed by atoms with Crippen LogP contribution in [0.1, 0.15) is 23.1 Å². The molecule has 2 aromatic carbocycles. The number of amides is 2. The van der Waals surface area contributed by atoms with Gasteiger partial charge in [0.2, 0.25) is 11.8 Å². The van der Waals surface area contributed by atoms with Crippen molar-refractivity contribution in [2.24, 2.45) is 5.41 Å². The van der Waals surface area contributed by atoms with Crippen molar-refractivity contribution < 1.29 is 9.59 Å². The first kappa shape index (κ1) is 21.8. The third kappa shape index (κ3) is 4.57. The van der Waals surface area contributed by atoms with Crippen molar-refractivity contribution in [1.29, 1.82) is 0 Å². The molecule has 1 unspecified atom stereocenters. The van der Waals surface area contributed by atoms with Crippen LogP contribution in [0.5, 0.6) is 0 Å². The number of aryl methyl sites for hydroxylation is 1. The Bertz CT molecular complexity index is 1110. The first-order valence-corrected chi connectivity index (χ1v) is 11.0. The Labute approximate surface area is 189 Å². The number of carbonyl (C=O) groups excluding carboxylic acids is 2. The van der Waals surface area contributed by atoms with Crippen LogP contribution in [0.4, 0.5) is 0 Å². The summed E-state index contributed by atoms with van der Waals surface area (Å²) in [5.74, 6) is 0.0664. The molecule has 0 bridgehead atoms. The summed E-state index contributed by atoms with van der Waals surface area (Å²) in [7, 11) is 1.68. The second-order valence-electron chi connectivity index (χ2n) is 8.66. The molecule has 1 fully saturated rings. The Morgan fingerprint density at radius 2 is 1.84 bits per heavy atom. The van der Waals surface area contributed by atoms with Gasteiger partial charge in [-0.15, -0.1) is 0 Å². The molecule has 164 valence electrons. The lowest BCUT2D eigenvalue weighted by atomic mass is 9.78. The number of rotatable bonds is 6. The fraction of sp³-hybridized carbons (Fsp3) is 0.296. The molecule has 2 amide bonds. The summed E-state index contributed by atoms with van der Waals surface area (Å²) in [4.78, 5) is 32.1. The Kier molecular flexibility index (Phi) is 6.35. The van der Waals surface area contributed by atoms with Crippen molar-refractivity contribution in [3.63, 3.8) is 0 Å². The molecule has 5 nitrogen and oxygen atoms in total. The molecule has 3 aromatic rings. The van der Waals surface area contributed by atoms with Gasteiger partial charge >= 0.3 is 0 Å². The Balaban J connectivity index is 1.57. The Morgan fingerprint density at radius 1 is 1.06 bits per heavy atom. The maximum Gasteiger partial charge on any atom is 0.228 e. The van der Waals surface area contributed by atoms with E-state index in [0.29, 0.717) is 32.4 Å². The van der Waals surface area contributed by atoms with Crippen molar-refractivity contribution in [1.82, 2.24) is 15.2 Å². The van der Waals surface area contributed by atoms with Crippen LogP contribution in [0.15, 0.2) is 73.1 Å². The SMILES string of the molecule is CNC(=O)C1(Cc2ccccc2-c2ccncc2)CCN(C(=O)Cc2cccc(C)c2)C1. The lowest BCUT2D eigenvalue weighted by Crippen LogP contribution is -2.44. The predicted octanol–water partition coefficient (Wildman–Crippen LogP) is 3.81. The van der Waals surface area contributed by atoms with E-state index in [4.69, 9.17) is 0 Å². The molecule has 5 heteroatoms. The molecule has 1 saturated heterocycles. The second-order valence-corrected chi connectivity index (χ2v) is 8.66. The number of hydrogen-bond donors (Lipinski definition) is 1. The van der Waals surface area contributed by atoms with Gasteiger partial charge in [0.25, 0.3) is 0 Å². The number of carbonyl (C=O) groups is 2. The van der Waals surface area contributed by atoms with Crippen LogP contribution in [-0.4, -0.2) is 41.8 Å². The molecule has 0 spiro atoms. The Hall–Kier alpha value is -3.47. The minimum absolute atomic E-state index is 0.00659. The number of likely N-dealkylation sites (tertiary alicyclic amines) is 1. The molecule has 1 atom stereocenters. The number of benzene rings is 2. The highest BCUT2D eigenvalue weighted by atomic mass is 16.2. The van der Waals surface area contributed by atoms with Gasteiger partial charge in [-0.1, -0.05) is 54.1 Å². The zero-order valence-corrected chi connectivity index (χ0v) is 18.7. The highest BCUT2D eigenvalue weighted by molar-refractivity contribution is 5.86. The minimum atomic E-state index is -0.639. The number of pyridine rings is 1. The Morgan fingerprint density at radius 3 is 2.59 bits per heavy atom. The zero-order chi connectivity index (χ0) is 22.6. The minimum Gasteiger partial charge on any atom is -0.359 e. The summed E-state index contributed by atoms with van der Waals surface area (Å²) in [6, 6.07) is 20.2. The van der Waals surface area contributed by atoms with Crippen molar-refractivity contribution in [2.75, 3.05) is 20.1 Å². The van der Waals surface area contributed by atoms with Crippen LogP contribution in [0.3, 0.4) is 0 Å². The monoisotopic (exact) mass is 427 g/mol. The lowest BCUT2D eigenvalue weighted by Gasteiger charge is -2.28.